The van der Waals surface area contributed by atoms with Crippen molar-refractivity contribution >= 4 is 41.3 Å². The molecule has 2 aromatic rings. The van der Waals surface area contributed by atoms with Gasteiger partial charge in [-0.05, 0) is 38.5 Å². The molecule has 0 atom stereocenters. The van der Waals surface area contributed by atoms with Gasteiger partial charge in [-0.15, -0.1) is 35.3 Å². The number of halogens is 1. The number of aromatic nitrogens is 1. The zero-order valence-electron chi connectivity index (χ0n) is 14.6. The summed E-state index contributed by atoms with van der Waals surface area (Å²) < 4.78 is 10.7. The minimum absolute atomic E-state index is 0. The third-order valence-electron chi connectivity index (χ3n) is 3.68. The monoisotopic (exact) mass is 474 g/mol. The molecule has 3 rings (SSSR count). The van der Waals surface area contributed by atoms with Crippen LogP contribution in [0.15, 0.2) is 23.2 Å². The summed E-state index contributed by atoms with van der Waals surface area (Å²) >= 11 is 1.72. The Hall–Kier alpha value is -1.55. The summed E-state index contributed by atoms with van der Waals surface area (Å²) in [6.45, 7) is 8.52. The number of nitrogens with one attached hydrogen (secondary N) is 2. The Morgan fingerprint density at radius 2 is 2.04 bits per heavy atom. The second kappa shape index (κ2) is 9.23. The van der Waals surface area contributed by atoms with Crippen LogP contribution >= 0.6 is 35.3 Å². The van der Waals surface area contributed by atoms with Crippen LogP contribution in [0.5, 0.6) is 11.5 Å². The predicted molar refractivity (Wildman–Crippen MR) is 111 cm³/mol. The number of guanidine groups is 1. The van der Waals surface area contributed by atoms with Crippen LogP contribution in [-0.4, -0.2) is 24.3 Å². The molecule has 0 bridgehead atoms. The van der Waals surface area contributed by atoms with Gasteiger partial charge in [-0.2, -0.15) is 0 Å². The van der Waals surface area contributed by atoms with E-state index in [9.17, 15) is 0 Å². The van der Waals surface area contributed by atoms with Gasteiger partial charge in [0.05, 0.1) is 18.8 Å². The fraction of sp³-hybridized carbons (Fsp3) is 0.412. The highest BCUT2D eigenvalue weighted by Crippen LogP contribution is 2.32. The third kappa shape index (κ3) is 5.21. The Bertz CT molecular complexity index is 729. The van der Waals surface area contributed by atoms with Gasteiger partial charge in [-0.1, -0.05) is 6.07 Å². The van der Waals surface area contributed by atoms with E-state index in [2.05, 4.69) is 34.5 Å². The van der Waals surface area contributed by atoms with Gasteiger partial charge in [0.15, 0.2) is 17.5 Å². The molecule has 0 spiro atoms. The van der Waals surface area contributed by atoms with Crippen molar-refractivity contribution in [2.24, 2.45) is 4.99 Å². The van der Waals surface area contributed by atoms with Crippen LogP contribution < -0.4 is 20.1 Å². The standard InChI is InChI=1S/C17H22N4O2S.HI/c1-4-18-17(20-9-16-21-11(2)12(3)24-16)19-8-13-5-6-14-15(7-13)23-10-22-14;/h5-7H,4,8-10H2,1-3H3,(H2,18,19,20);1H. The van der Waals surface area contributed by atoms with Crippen LogP contribution in [-0.2, 0) is 13.1 Å². The van der Waals surface area contributed by atoms with Crippen molar-refractivity contribution in [2.45, 2.75) is 33.9 Å². The fourth-order valence-corrected chi connectivity index (χ4v) is 3.20. The maximum Gasteiger partial charge on any atom is 0.231 e. The van der Waals surface area contributed by atoms with E-state index in [1.165, 1.54) is 4.88 Å². The molecule has 2 N–H and O–H groups in total. The number of benzene rings is 1. The van der Waals surface area contributed by atoms with Gasteiger partial charge < -0.3 is 20.1 Å². The number of hydrogen-bond donors (Lipinski definition) is 2. The van der Waals surface area contributed by atoms with Crippen molar-refractivity contribution in [3.05, 3.63) is 39.3 Å². The minimum Gasteiger partial charge on any atom is -0.454 e. The molecule has 6 nitrogen and oxygen atoms in total. The minimum atomic E-state index is 0. The fourth-order valence-electron chi connectivity index (χ4n) is 2.33. The molecule has 1 aliphatic heterocycles. The van der Waals surface area contributed by atoms with Crippen molar-refractivity contribution < 1.29 is 9.47 Å². The molecule has 0 amide bonds. The van der Waals surface area contributed by atoms with Gasteiger partial charge in [0.1, 0.15) is 5.01 Å². The van der Waals surface area contributed by atoms with E-state index in [0.717, 1.165) is 40.3 Å². The summed E-state index contributed by atoms with van der Waals surface area (Å²) in [6.07, 6.45) is 0. The quantitative estimate of drug-likeness (QED) is 0.395. The average molecular weight is 474 g/mol. The summed E-state index contributed by atoms with van der Waals surface area (Å²) in [7, 11) is 0. The van der Waals surface area contributed by atoms with Gasteiger partial charge in [0, 0.05) is 11.4 Å². The highest BCUT2D eigenvalue weighted by molar-refractivity contribution is 14.0. The van der Waals surface area contributed by atoms with E-state index in [1.807, 2.05) is 25.1 Å². The lowest BCUT2D eigenvalue weighted by Gasteiger charge is -2.10. The van der Waals surface area contributed by atoms with Crippen molar-refractivity contribution in [3.8, 4) is 11.5 Å². The second-order valence-corrected chi connectivity index (χ2v) is 6.77. The molecule has 1 aromatic carbocycles. The van der Waals surface area contributed by atoms with Crippen LogP contribution in [0.1, 0.15) is 28.1 Å². The Kier molecular flexibility index (Phi) is 7.30. The molecule has 8 heteroatoms. The molecule has 136 valence electrons. The van der Waals surface area contributed by atoms with Gasteiger partial charge in [0.2, 0.25) is 6.79 Å². The first-order chi connectivity index (χ1) is 11.7. The van der Waals surface area contributed by atoms with E-state index in [-0.39, 0.29) is 24.0 Å². The highest BCUT2D eigenvalue weighted by Gasteiger charge is 2.13. The molecular weight excluding hydrogens is 451 g/mol. The van der Waals surface area contributed by atoms with Crippen molar-refractivity contribution in [1.29, 1.82) is 0 Å². The lowest BCUT2D eigenvalue weighted by molar-refractivity contribution is 0.174. The molecule has 0 unspecified atom stereocenters. The summed E-state index contributed by atoms with van der Waals surface area (Å²) in [6, 6.07) is 5.91. The zero-order chi connectivity index (χ0) is 16.9. The molecule has 0 aliphatic carbocycles. The molecular formula is C17H23IN4O2S. The zero-order valence-corrected chi connectivity index (χ0v) is 17.7. The Balaban J connectivity index is 0.00000225. The molecule has 0 fully saturated rings. The lowest BCUT2D eigenvalue weighted by Crippen LogP contribution is -2.36. The number of thiazole rings is 1. The maximum atomic E-state index is 5.40. The topological polar surface area (TPSA) is 67.8 Å². The van der Waals surface area contributed by atoms with E-state index < -0.39 is 0 Å². The van der Waals surface area contributed by atoms with Crippen LogP contribution in [0.4, 0.5) is 0 Å². The SMILES string of the molecule is CCNC(=NCc1ccc2c(c1)OCO2)NCc1nc(C)c(C)s1.I. The van der Waals surface area contributed by atoms with Crippen LogP contribution in [0, 0.1) is 13.8 Å². The van der Waals surface area contributed by atoms with Crippen molar-refractivity contribution in [3.63, 3.8) is 0 Å². The Morgan fingerprint density at radius 3 is 2.76 bits per heavy atom. The smallest absolute Gasteiger partial charge is 0.231 e. The highest BCUT2D eigenvalue weighted by atomic mass is 127. The van der Waals surface area contributed by atoms with Crippen LogP contribution in [0.25, 0.3) is 0 Å². The first kappa shape index (κ1) is 19.8. The number of aliphatic imine (C=N–C) groups is 1. The largest absolute Gasteiger partial charge is 0.454 e. The van der Waals surface area contributed by atoms with Gasteiger partial charge >= 0.3 is 0 Å². The Morgan fingerprint density at radius 1 is 1.24 bits per heavy atom. The van der Waals surface area contributed by atoms with Gasteiger partial charge in [-0.25, -0.2) is 9.98 Å². The third-order valence-corrected chi connectivity index (χ3v) is 4.75. The number of ether oxygens (including phenoxy) is 2. The molecule has 1 aromatic heterocycles. The normalized spacial score (nSPS) is 12.7. The molecule has 0 radical (unpaired) electrons. The van der Waals surface area contributed by atoms with Crippen molar-refractivity contribution in [2.75, 3.05) is 13.3 Å². The van der Waals surface area contributed by atoms with E-state index in [4.69, 9.17) is 9.47 Å². The van der Waals surface area contributed by atoms with E-state index >= 15 is 0 Å². The molecule has 1 aliphatic rings. The Labute approximate surface area is 169 Å². The van der Waals surface area contributed by atoms with Crippen LogP contribution in [0.2, 0.25) is 0 Å². The number of rotatable bonds is 5. The van der Waals surface area contributed by atoms with E-state index in [1.54, 1.807) is 11.3 Å². The number of fused-ring (bicyclic) bond motifs is 1. The molecule has 0 saturated carbocycles. The first-order valence-corrected chi connectivity index (χ1v) is 8.81. The van der Waals surface area contributed by atoms with Crippen LogP contribution in [0.3, 0.4) is 0 Å². The molecule has 0 saturated heterocycles. The maximum absolute atomic E-state index is 5.40. The van der Waals surface area contributed by atoms with Gasteiger partial charge in [-0.3, -0.25) is 0 Å². The predicted octanol–water partition coefficient (Wildman–Crippen LogP) is 3.36. The average Bonchev–Trinajstić information content (AvgIpc) is 3.16. The number of nitrogens with zero attached hydrogens (tertiary/aromatic N) is 2. The van der Waals surface area contributed by atoms with E-state index in [0.29, 0.717) is 19.9 Å². The van der Waals surface area contributed by atoms with Crippen molar-refractivity contribution in [1.82, 2.24) is 15.6 Å². The summed E-state index contributed by atoms with van der Waals surface area (Å²) in [5, 5.41) is 7.66. The summed E-state index contributed by atoms with van der Waals surface area (Å²) in [4.78, 5) is 10.4. The first-order valence-electron chi connectivity index (χ1n) is 7.99. The molecule has 2 heterocycles. The summed E-state index contributed by atoms with van der Waals surface area (Å²) in [5.74, 6) is 2.36. The summed E-state index contributed by atoms with van der Waals surface area (Å²) in [5.41, 5.74) is 2.18. The number of hydrogen-bond acceptors (Lipinski definition) is 5. The molecule has 25 heavy (non-hydrogen) atoms. The lowest BCUT2D eigenvalue weighted by atomic mass is 10.2. The van der Waals surface area contributed by atoms with Gasteiger partial charge in [0.25, 0.3) is 0 Å². The second-order valence-electron chi connectivity index (χ2n) is 5.49. The number of aryl methyl sites for hydroxylation is 2.